The van der Waals surface area contributed by atoms with Gasteiger partial charge in [0, 0.05) is 26.7 Å². The summed E-state index contributed by atoms with van der Waals surface area (Å²) in [6.45, 7) is 4.64. The van der Waals surface area contributed by atoms with Crippen molar-refractivity contribution in [3.63, 3.8) is 0 Å². The summed E-state index contributed by atoms with van der Waals surface area (Å²) < 4.78 is 0. The fraction of sp³-hybridized carbons (Fsp3) is 0.562. The van der Waals surface area contributed by atoms with Crippen LogP contribution in [0, 0.1) is 0 Å². The number of benzene rings is 1. The van der Waals surface area contributed by atoms with E-state index in [9.17, 15) is 4.79 Å². The van der Waals surface area contributed by atoms with Crippen LogP contribution in [0.2, 0.25) is 0 Å². The highest BCUT2D eigenvalue weighted by atomic mass is 16.2. The molecule has 110 valence electrons. The van der Waals surface area contributed by atoms with Crippen molar-refractivity contribution >= 4 is 5.91 Å². The van der Waals surface area contributed by atoms with Gasteiger partial charge in [-0.05, 0) is 37.1 Å². The fourth-order valence-corrected chi connectivity index (χ4v) is 2.65. The molecule has 20 heavy (non-hydrogen) atoms. The maximum absolute atomic E-state index is 12.3. The predicted octanol–water partition coefficient (Wildman–Crippen LogP) is 1.24. The lowest BCUT2D eigenvalue weighted by molar-refractivity contribution is -0.129. The second-order valence-electron chi connectivity index (χ2n) is 5.51. The molecule has 4 nitrogen and oxygen atoms in total. The van der Waals surface area contributed by atoms with Gasteiger partial charge in [-0.25, -0.2) is 0 Å². The van der Waals surface area contributed by atoms with E-state index in [1.807, 2.05) is 36.2 Å². The van der Waals surface area contributed by atoms with E-state index in [0.29, 0.717) is 13.0 Å². The van der Waals surface area contributed by atoms with Crippen molar-refractivity contribution in [2.24, 2.45) is 5.73 Å². The zero-order valence-electron chi connectivity index (χ0n) is 12.3. The van der Waals surface area contributed by atoms with Crippen LogP contribution in [-0.4, -0.2) is 48.9 Å². The number of carbonyl (C=O) groups excluding carboxylic acids is 1. The summed E-state index contributed by atoms with van der Waals surface area (Å²) in [6.07, 6.45) is 3.03. The van der Waals surface area contributed by atoms with E-state index in [0.717, 1.165) is 24.2 Å². The molecule has 0 aromatic heterocycles. The quantitative estimate of drug-likeness (QED) is 0.850. The minimum Gasteiger partial charge on any atom is -0.344 e. The minimum absolute atomic E-state index is 0.171. The third-order valence-electron chi connectivity index (χ3n) is 4.06. The standard InChI is InChI=1S/C16H25N3O/c1-18(10-11-19-8-4-5-9-19)16(20)12-14-6-2-3-7-15(14)13-17/h2-3,6-7H,4-5,8-13,17H2,1H3. The van der Waals surface area contributed by atoms with Crippen molar-refractivity contribution in [3.05, 3.63) is 35.4 Å². The minimum atomic E-state index is 0.171. The summed E-state index contributed by atoms with van der Waals surface area (Å²) in [5.41, 5.74) is 7.83. The van der Waals surface area contributed by atoms with Crippen molar-refractivity contribution in [1.82, 2.24) is 9.80 Å². The van der Waals surface area contributed by atoms with E-state index >= 15 is 0 Å². The molecule has 2 N–H and O–H groups in total. The van der Waals surface area contributed by atoms with Crippen LogP contribution in [0.15, 0.2) is 24.3 Å². The van der Waals surface area contributed by atoms with Gasteiger partial charge in [0.1, 0.15) is 0 Å². The Morgan fingerprint density at radius 2 is 1.90 bits per heavy atom. The van der Waals surface area contributed by atoms with Crippen molar-refractivity contribution in [1.29, 1.82) is 0 Å². The number of carbonyl (C=O) groups is 1. The van der Waals surface area contributed by atoms with Crippen molar-refractivity contribution in [2.45, 2.75) is 25.8 Å². The van der Waals surface area contributed by atoms with Gasteiger partial charge in [-0.1, -0.05) is 24.3 Å². The molecule has 0 radical (unpaired) electrons. The summed E-state index contributed by atoms with van der Waals surface area (Å²) in [7, 11) is 1.89. The van der Waals surface area contributed by atoms with E-state index in [2.05, 4.69) is 4.90 Å². The molecule has 0 spiro atoms. The summed E-state index contributed by atoms with van der Waals surface area (Å²) in [6, 6.07) is 7.92. The fourth-order valence-electron chi connectivity index (χ4n) is 2.65. The summed E-state index contributed by atoms with van der Waals surface area (Å²) in [5, 5.41) is 0. The van der Waals surface area contributed by atoms with E-state index in [1.165, 1.54) is 25.9 Å². The second-order valence-corrected chi connectivity index (χ2v) is 5.51. The van der Waals surface area contributed by atoms with Gasteiger partial charge in [0.2, 0.25) is 5.91 Å². The molecular formula is C16H25N3O. The Balaban J connectivity index is 1.83. The molecule has 1 aromatic carbocycles. The van der Waals surface area contributed by atoms with E-state index in [4.69, 9.17) is 5.73 Å². The molecule has 0 saturated carbocycles. The Morgan fingerprint density at radius 3 is 2.55 bits per heavy atom. The van der Waals surface area contributed by atoms with E-state index in [-0.39, 0.29) is 5.91 Å². The zero-order valence-corrected chi connectivity index (χ0v) is 12.3. The first-order valence-electron chi connectivity index (χ1n) is 7.44. The molecule has 1 aromatic rings. The number of hydrogen-bond acceptors (Lipinski definition) is 3. The Bertz CT molecular complexity index is 441. The molecule has 1 fully saturated rings. The lowest BCUT2D eigenvalue weighted by Gasteiger charge is -2.22. The van der Waals surface area contributed by atoms with Gasteiger partial charge in [0.15, 0.2) is 0 Å². The van der Waals surface area contributed by atoms with Gasteiger partial charge in [-0.3, -0.25) is 4.79 Å². The molecular weight excluding hydrogens is 250 g/mol. The Kier molecular flexibility index (Phi) is 5.56. The van der Waals surface area contributed by atoms with E-state index < -0.39 is 0 Å². The molecule has 1 aliphatic rings. The van der Waals surface area contributed by atoms with Gasteiger partial charge in [0.25, 0.3) is 0 Å². The first-order valence-corrected chi connectivity index (χ1v) is 7.44. The van der Waals surface area contributed by atoms with Gasteiger partial charge in [-0.15, -0.1) is 0 Å². The van der Waals surface area contributed by atoms with Crippen LogP contribution in [0.25, 0.3) is 0 Å². The number of nitrogens with two attached hydrogens (primary N) is 1. The monoisotopic (exact) mass is 275 g/mol. The zero-order chi connectivity index (χ0) is 14.4. The molecule has 1 amide bonds. The molecule has 1 aliphatic heterocycles. The van der Waals surface area contributed by atoms with Crippen molar-refractivity contribution in [3.8, 4) is 0 Å². The number of likely N-dealkylation sites (N-methyl/N-ethyl adjacent to an activating group) is 1. The van der Waals surface area contributed by atoms with E-state index in [1.54, 1.807) is 0 Å². The number of likely N-dealkylation sites (tertiary alicyclic amines) is 1. The van der Waals surface area contributed by atoms with Gasteiger partial charge in [-0.2, -0.15) is 0 Å². The average molecular weight is 275 g/mol. The topological polar surface area (TPSA) is 49.6 Å². The largest absolute Gasteiger partial charge is 0.344 e. The van der Waals surface area contributed by atoms with Crippen LogP contribution in [0.5, 0.6) is 0 Å². The average Bonchev–Trinajstić information content (AvgIpc) is 2.98. The lowest BCUT2D eigenvalue weighted by atomic mass is 10.0. The maximum Gasteiger partial charge on any atom is 0.226 e. The third-order valence-corrected chi connectivity index (χ3v) is 4.06. The van der Waals surface area contributed by atoms with Gasteiger partial charge < -0.3 is 15.5 Å². The highest BCUT2D eigenvalue weighted by Gasteiger charge is 2.15. The van der Waals surface area contributed by atoms with Crippen LogP contribution in [0.3, 0.4) is 0 Å². The van der Waals surface area contributed by atoms with Crippen LogP contribution >= 0.6 is 0 Å². The molecule has 0 aliphatic carbocycles. The third kappa shape index (κ3) is 4.05. The Morgan fingerprint density at radius 1 is 1.25 bits per heavy atom. The predicted molar refractivity (Wildman–Crippen MR) is 81.3 cm³/mol. The molecule has 0 bridgehead atoms. The smallest absolute Gasteiger partial charge is 0.226 e. The SMILES string of the molecule is CN(CCN1CCCC1)C(=O)Cc1ccccc1CN. The van der Waals surface area contributed by atoms with Crippen molar-refractivity contribution in [2.75, 3.05) is 33.2 Å². The Hall–Kier alpha value is -1.39. The molecule has 1 saturated heterocycles. The van der Waals surface area contributed by atoms with Crippen LogP contribution < -0.4 is 5.73 Å². The van der Waals surface area contributed by atoms with Crippen molar-refractivity contribution < 1.29 is 4.79 Å². The maximum atomic E-state index is 12.3. The first-order chi connectivity index (χ1) is 9.70. The van der Waals surface area contributed by atoms with Gasteiger partial charge >= 0.3 is 0 Å². The van der Waals surface area contributed by atoms with Crippen LogP contribution in [-0.2, 0) is 17.8 Å². The number of nitrogens with zero attached hydrogens (tertiary/aromatic N) is 2. The molecule has 1 heterocycles. The number of amides is 1. The summed E-state index contributed by atoms with van der Waals surface area (Å²) in [5.74, 6) is 0.171. The number of hydrogen-bond donors (Lipinski definition) is 1. The first kappa shape index (κ1) is 15.0. The second kappa shape index (κ2) is 7.41. The lowest BCUT2D eigenvalue weighted by Crippen LogP contribution is -2.36. The summed E-state index contributed by atoms with van der Waals surface area (Å²) >= 11 is 0. The molecule has 0 unspecified atom stereocenters. The highest BCUT2D eigenvalue weighted by molar-refractivity contribution is 5.78. The van der Waals surface area contributed by atoms with Crippen LogP contribution in [0.1, 0.15) is 24.0 Å². The van der Waals surface area contributed by atoms with Crippen LogP contribution in [0.4, 0.5) is 0 Å². The highest BCUT2D eigenvalue weighted by Crippen LogP contribution is 2.10. The molecule has 0 atom stereocenters. The molecule has 2 rings (SSSR count). The van der Waals surface area contributed by atoms with Gasteiger partial charge in [0.05, 0.1) is 6.42 Å². The summed E-state index contributed by atoms with van der Waals surface area (Å²) in [4.78, 5) is 16.5. The number of rotatable bonds is 6. The Labute approximate surface area is 121 Å². The normalized spacial score (nSPS) is 15.5. The molecule has 4 heteroatoms.